The number of carbonyl (C=O) groups is 1. The van der Waals surface area contributed by atoms with Crippen LogP contribution in [0.2, 0.25) is 0 Å². The first-order valence-corrected chi connectivity index (χ1v) is 9.24. The molecule has 0 unspecified atom stereocenters. The van der Waals surface area contributed by atoms with Crippen LogP contribution in [0.3, 0.4) is 0 Å². The van der Waals surface area contributed by atoms with Gasteiger partial charge >= 0.3 is 5.97 Å². The predicted octanol–water partition coefficient (Wildman–Crippen LogP) is 5.60. The quantitative estimate of drug-likeness (QED) is 0.445. The second kappa shape index (κ2) is 9.17. The third-order valence-corrected chi connectivity index (χ3v) is 5.65. The fourth-order valence-electron chi connectivity index (χ4n) is 4.51. The highest BCUT2D eigenvalue weighted by Crippen LogP contribution is 2.50. The van der Waals surface area contributed by atoms with Crippen LogP contribution in [-0.2, 0) is 4.79 Å². The summed E-state index contributed by atoms with van der Waals surface area (Å²) in [6.07, 6.45) is 20.6. The molecular weight excluding hydrogens is 272 g/mol. The van der Waals surface area contributed by atoms with Crippen molar-refractivity contribution in [2.75, 3.05) is 0 Å². The monoisotopic (exact) mass is 304 g/mol. The Morgan fingerprint density at radius 2 is 2.05 bits per heavy atom. The van der Waals surface area contributed by atoms with Crippen LogP contribution < -0.4 is 0 Å². The Bertz CT molecular complexity index is 397. The van der Waals surface area contributed by atoms with E-state index < -0.39 is 5.97 Å². The molecule has 4 atom stereocenters. The minimum absolute atomic E-state index is 0.294. The van der Waals surface area contributed by atoms with Crippen LogP contribution in [0.4, 0.5) is 0 Å². The van der Waals surface area contributed by atoms with Gasteiger partial charge in [0.2, 0.25) is 0 Å². The molecule has 1 N–H and O–H groups in total. The summed E-state index contributed by atoms with van der Waals surface area (Å²) in [6.45, 7) is 2.29. The van der Waals surface area contributed by atoms with E-state index in [-0.39, 0.29) is 0 Å². The van der Waals surface area contributed by atoms with Gasteiger partial charge in [-0.15, -0.1) is 0 Å². The highest BCUT2D eigenvalue weighted by atomic mass is 16.4. The van der Waals surface area contributed by atoms with Crippen molar-refractivity contribution in [2.45, 2.75) is 71.1 Å². The van der Waals surface area contributed by atoms with Gasteiger partial charge in [0.1, 0.15) is 0 Å². The van der Waals surface area contributed by atoms with Crippen molar-refractivity contribution in [2.24, 2.45) is 23.7 Å². The van der Waals surface area contributed by atoms with E-state index in [2.05, 4.69) is 31.2 Å². The van der Waals surface area contributed by atoms with Crippen molar-refractivity contribution in [1.82, 2.24) is 0 Å². The van der Waals surface area contributed by atoms with E-state index in [1.807, 2.05) is 0 Å². The Hall–Kier alpha value is -1.05. The molecule has 124 valence electrons. The summed E-state index contributed by atoms with van der Waals surface area (Å²) in [5.74, 6) is 2.92. The first kappa shape index (κ1) is 17.3. The maximum absolute atomic E-state index is 10.5. The van der Waals surface area contributed by atoms with Gasteiger partial charge in [-0.2, -0.15) is 0 Å². The van der Waals surface area contributed by atoms with Crippen LogP contribution in [0.1, 0.15) is 71.1 Å². The summed E-state index contributed by atoms with van der Waals surface area (Å²) >= 11 is 0. The minimum atomic E-state index is -0.680. The number of hydrogen-bond acceptors (Lipinski definition) is 1. The smallest absolute Gasteiger partial charge is 0.303 e. The molecule has 2 nitrogen and oxygen atoms in total. The number of hydrogen-bond donors (Lipinski definition) is 1. The van der Waals surface area contributed by atoms with Gasteiger partial charge in [-0.25, -0.2) is 0 Å². The van der Waals surface area contributed by atoms with Crippen molar-refractivity contribution in [3.63, 3.8) is 0 Å². The topological polar surface area (TPSA) is 37.3 Å². The zero-order valence-corrected chi connectivity index (χ0v) is 14.0. The molecule has 0 aromatic rings. The Kier molecular flexibility index (Phi) is 7.21. The van der Waals surface area contributed by atoms with Gasteiger partial charge in [-0.05, 0) is 62.2 Å². The molecule has 22 heavy (non-hydrogen) atoms. The van der Waals surface area contributed by atoms with Gasteiger partial charge in [0.05, 0.1) is 0 Å². The molecule has 2 aliphatic rings. The van der Waals surface area contributed by atoms with E-state index in [0.717, 1.165) is 36.5 Å². The Morgan fingerprint density at radius 3 is 2.82 bits per heavy atom. The summed E-state index contributed by atoms with van der Waals surface area (Å²) in [5.41, 5.74) is 0. The van der Waals surface area contributed by atoms with Gasteiger partial charge in [0.25, 0.3) is 0 Å². The maximum atomic E-state index is 10.5. The fraction of sp³-hybridized carbons (Fsp3) is 0.750. The molecule has 0 bridgehead atoms. The summed E-state index contributed by atoms with van der Waals surface area (Å²) in [6, 6.07) is 0. The summed E-state index contributed by atoms with van der Waals surface area (Å²) < 4.78 is 0. The number of fused-ring (bicyclic) bond motifs is 1. The molecule has 0 spiro atoms. The third-order valence-electron chi connectivity index (χ3n) is 5.65. The van der Waals surface area contributed by atoms with Gasteiger partial charge < -0.3 is 5.11 Å². The number of rotatable bonds is 9. The summed E-state index contributed by atoms with van der Waals surface area (Å²) in [5, 5.41) is 8.66. The molecule has 0 aromatic carbocycles. The molecule has 0 amide bonds. The molecule has 0 aliphatic heterocycles. The average molecular weight is 304 g/mol. The first-order chi connectivity index (χ1) is 10.7. The predicted molar refractivity (Wildman–Crippen MR) is 91.7 cm³/mol. The summed E-state index contributed by atoms with van der Waals surface area (Å²) in [7, 11) is 0. The third kappa shape index (κ3) is 5.00. The lowest BCUT2D eigenvalue weighted by Gasteiger charge is -2.27. The second-order valence-corrected chi connectivity index (χ2v) is 7.16. The van der Waals surface area contributed by atoms with Gasteiger partial charge in [-0.3, -0.25) is 4.79 Å². The standard InChI is InChI=1S/C20H32O2/c1-2-3-10-16-15-17-11-8-9-13-19(17)18(16)12-6-4-5-7-14-20(21)22/h4,6,8-9,16-19H,2-3,5,7,10-15H2,1H3,(H,21,22)/b6-4+/t16-,17+,18+,19+/m1/s1. The van der Waals surface area contributed by atoms with Crippen molar-refractivity contribution in [3.05, 3.63) is 24.3 Å². The van der Waals surface area contributed by atoms with E-state index in [1.165, 1.54) is 44.9 Å². The van der Waals surface area contributed by atoms with Gasteiger partial charge in [-0.1, -0.05) is 50.5 Å². The largest absolute Gasteiger partial charge is 0.481 e. The van der Waals surface area contributed by atoms with Crippen LogP contribution in [0.15, 0.2) is 24.3 Å². The average Bonchev–Trinajstić information content (AvgIpc) is 2.86. The van der Waals surface area contributed by atoms with E-state index in [9.17, 15) is 4.79 Å². The molecule has 1 fully saturated rings. The molecule has 0 saturated heterocycles. The molecule has 0 heterocycles. The van der Waals surface area contributed by atoms with Crippen LogP contribution in [0.5, 0.6) is 0 Å². The van der Waals surface area contributed by atoms with Gasteiger partial charge in [0, 0.05) is 6.42 Å². The van der Waals surface area contributed by atoms with E-state index >= 15 is 0 Å². The highest BCUT2D eigenvalue weighted by Gasteiger charge is 2.41. The Balaban J connectivity index is 1.82. The molecule has 2 aliphatic carbocycles. The molecule has 2 rings (SSSR count). The van der Waals surface area contributed by atoms with Crippen LogP contribution in [-0.4, -0.2) is 11.1 Å². The van der Waals surface area contributed by atoms with Gasteiger partial charge in [0.15, 0.2) is 0 Å². The van der Waals surface area contributed by atoms with Crippen LogP contribution in [0.25, 0.3) is 0 Å². The highest BCUT2D eigenvalue weighted by molar-refractivity contribution is 5.66. The number of aliphatic carboxylic acids is 1. The second-order valence-electron chi connectivity index (χ2n) is 7.16. The number of allylic oxidation sites excluding steroid dienone is 4. The minimum Gasteiger partial charge on any atom is -0.481 e. The van der Waals surface area contributed by atoms with Crippen molar-refractivity contribution in [1.29, 1.82) is 0 Å². The Labute approximate surface area is 135 Å². The van der Waals surface area contributed by atoms with Crippen molar-refractivity contribution < 1.29 is 9.90 Å². The van der Waals surface area contributed by atoms with Crippen LogP contribution >= 0.6 is 0 Å². The maximum Gasteiger partial charge on any atom is 0.303 e. The Morgan fingerprint density at radius 1 is 1.23 bits per heavy atom. The molecule has 2 heteroatoms. The molecule has 1 saturated carbocycles. The lowest BCUT2D eigenvalue weighted by atomic mass is 9.78. The molecule has 0 radical (unpaired) electrons. The number of carboxylic acids is 1. The van der Waals surface area contributed by atoms with Crippen molar-refractivity contribution >= 4 is 5.97 Å². The van der Waals surface area contributed by atoms with E-state index in [0.29, 0.717) is 6.42 Å². The zero-order valence-electron chi connectivity index (χ0n) is 14.0. The summed E-state index contributed by atoms with van der Waals surface area (Å²) in [4.78, 5) is 10.5. The fourth-order valence-corrected chi connectivity index (χ4v) is 4.51. The van der Waals surface area contributed by atoms with E-state index in [4.69, 9.17) is 5.11 Å². The number of carboxylic acid groups (broad SMARTS) is 1. The molecule has 0 aromatic heterocycles. The normalized spacial score (nSPS) is 30.8. The SMILES string of the molecule is CCCC[C@@H]1C[C@@H]2CC=CC[C@@H]2[C@H]1C/C=C/CCCC(=O)O. The van der Waals surface area contributed by atoms with E-state index in [1.54, 1.807) is 0 Å². The first-order valence-electron chi connectivity index (χ1n) is 9.24. The lowest BCUT2D eigenvalue weighted by Crippen LogP contribution is -2.18. The lowest BCUT2D eigenvalue weighted by molar-refractivity contribution is -0.137. The van der Waals surface area contributed by atoms with Crippen LogP contribution in [0, 0.1) is 23.7 Å². The van der Waals surface area contributed by atoms with Crippen molar-refractivity contribution in [3.8, 4) is 0 Å². The zero-order chi connectivity index (χ0) is 15.8. The number of unbranched alkanes of at least 4 members (excludes halogenated alkanes) is 2. The molecular formula is C20H32O2.